The summed E-state index contributed by atoms with van der Waals surface area (Å²) in [5, 5.41) is 0. The van der Waals surface area contributed by atoms with Gasteiger partial charge in [-0.15, -0.1) is 0 Å². The van der Waals surface area contributed by atoms with Gasteiger partial charge in [-0.05, 0) is 30.5 Å². The first kappa shape index (κ1) is 12.0. The Kier molecular flexibility index (Phi) is 3.08. The fourth-order valence-corrected chi connectivity index (χ4v) is 2.66. The van der Waals surface area contributed by atoms with E-state index < -0.39 is 0 Å². The average molecular weight is 251 g/mol. The van der Waals surface area contributed by atoms with Crippen LogP contribution in [0.25, 0.3) is 0 Å². The molecule has 0 spiro atoms. The molecule has 0 atom stereocenters. The Hall–Kier alpha value is -2.09. The van der Waals surface area contributed by atoms with E-state index in [0.29, 0.717) is 6.54 Å². The van der Waals surface area contributed by atoms with Gasteiger partial charge >= 0.3 is 0 Å². The number of rotatable bonds is 2. The summed E-state index contributed by atoms with van der Waals surface area (Å²) in [6.45, 7) is 3.59. The Balaban J connectivity index is 1.83. The predicted octanol–water partition coefficient (Wildman–Crippen LogP) is 3.19. The molecule has 2 aromatic rings. The molecule has 0 radical (unpaired) electrons. The minimum atomic E-state index is 0.156. The van der Waals surface area contributed by atoms with Crippen molar-refractivity contribution in [2.45, 2.75) is 19.9 Å². The fraction of sp³-hybridized carbons (Fsp3) is 0.235. The van der Waals surface area contributed by atoms with E-state index in [4.69, 9.17) is 0 Å². The number of aryl methyl sites for hydroxylation is 1. The number of carbonyl (C=O) groups is 1. The zero-order valence-corrected chi connectivity index (χ0v) is 11.1. The van der Waals surface area contributed by atoms with Gasteiger partial charge in [0.2, 0.25) is 0 Å². The summed E-state index contributed by atoms with van der Waals surface area (Å²) in [7, 11) is 0. The molecule has 0 unspecified atom stereocenters. The Morgan fingerprint density at radius 3 is 2.79 bits per heavy atom. The van der Waals surface area contributed by atoms with Crippen LogP contribution in [0.2, 0.25) is 0 Å². The van der Waals surface area contributed by atoms with Gasteiger partial charge in [0.25, 0.3) is 5.91 Å². The standard InChI is InChI=1S/C17H17NO/c1-13-5-4-6-14(11-13)12-18-10-9-15-7-2-3-8-16(15)17(18)19/h2-8,11H,9-10,12H2,1H3. The van der Waals surface area contributed by atoms with Crippen LogP contribution in [-0.4, -0.2) is 17.4 Å². The summed E-state index contributed by atoms with van der Waals surface area (Å²) in [6.07, 6.45) is 0.952. The minimum Gasteiger partial charge on any atom is -0.334 e. The molecule has 1 aliphatic heterocycles. The molecule has 2 aromatic carbocycles. The third-order valence-electron chi connectivity index (χ3n) is 3.64. The number of hydrogen-bond acceptors (Lipinski definition) is 1. The molecule has 2 nitrogen and oxygen atoms in total. The molecule has 2 heteroatoms. The van der Waals surface area contributed by atoms with Gasteiger partial charge in [-0.2, -0.15) is 0 Å². The van der Waals surface area contributed by atoms with E-state index in [9.17, 15) is 4.79 Å². The van der Waals surface area contributed by atoms with Crippen LogP contribution in [0.1, 0.15) is 27.0 Å². The highest BCUT2D eigenvalue weighted by Crippen LogP contribution is 2.20. The third kappa shape index (κ3) is 2.39. The van der Waals surface area contributed by atoms with Gasteiger partial charge in [0.05, 0.1) is 0 Å². The van der Waals surface area contributed by atoms with Gasteiger partial charge in [0, 0.05) is 18.7 Å². The number of fused-ring (bicyclic) bond motifs is 1. The van der Waals surface area contributed by atoms with Crippen molar-refractivity contribution in [1.82, 2.24) is 4.90 Å². The van der Waals surface area contributed by atoms with E-state index in [1.54, 1.807) is 0 Å². The normalized spacial score (nSPS) is 14.4. The fourth-order valence-electron chi connectivity index (χ4n) is 2.66. The summed E-state index contributed by atoms with van der Waals surface area (Å²) in [5.41, 5.74) is 4.48. The quantitative estimate of drug-likeness (QED) is 0.802. The maximum Gasteiger partial charge on any atom is 0.254 e. The number of benzene rings is 2. The highest BCUT2D eigenvalue weighted by Gasteiger charge is 2.23. The van der Waals surface area contributed by atoms with Gasteiger partial charge in [0.1, 0.15) is 0 Å². The van der Waals surface area contributed by atoms with Crippen LogP contribution in [0.5, 0.6) is 0 Å². The molecule has 0 aromatic heterocycles. The van der Waals surface area contributed by atoms with Crippen molar-refractivity contribution < 1.29 is 4.79 Å². The molecule has 1 heterocycles. The van der Waals surface area contributed by atoms with Crippen LogP contribution in [0, 0.1) is 6.92 Å². The van der Waals surface area contributed by atoms with E-state index in [1.807, 2.05) is 29.2 Å². The average Bonchev–Trinajstić information content (AvgIpc) is 2.42. The Morgan fingerprint density at radius 1 is 1.11 bits per heavy atom. The molecule has 1 aliphatic rings. The molecular weight excluding hydrogens is 234 g/mol. The molecule has 0 aliphatic carbocycles. The molecule has 0 bridgehead atoms. The van der Waals surface area contributed by atoms with Gasteiger partial charge < -0.3 is 4.90 Å². The maximum atomic E-state index is 12.4. The van der Waals surface area contributed by atoms with Crippen molar-refractivity contribution >= 4 is 5.91 Å². The van der Waals surface area contributed by atoms with Crippen molar-refractivity contribution in [3.8, 4) is 0 Å². The number of amides is 1. The zero-order chi connectivity index (χ0) is 13.2. The smallest absolute Gasteiger partial charge is 0.254 e. The summed E-state index contributed by atoms with van der Waals surface area (Å²) in [6, 6.07) is 16.3. The lowest BCUT2D eigenvalue weighted by Crippen LogP contribution is -2.36. The van der Waals surface area contributed by atoms with Crippen molar-refractivity contribution in [2.75, 3.05) is 6.54 Å². The van der Waals surface area contributed by atoms with E-state index in [2.05, 4.69) is 31.2 Å². The second-order valence-electron chi connectivity index (χ2n) is 5.12. The van der Waals surface area contributed by atoms with Crippen molar-refractivity contribution in [2.24, 2.45) is 0 Å². The number of hydrogen-bond donors (Lipinski definition) is 0. The maximum absolute atomic E-state index is 12.4. The highest BCUT2D eigenvalue weighted by atomic mass is 16.2. The largest absolute Gasteiger partial charge is 0.334 e. The van der Waals surface area contributed by atoms with E-state index >= 15 is 0 Å². The molecule has 19 heavy (non-hydrogen) atoms. The molecular formula is C17H17NO. The Morgan fingerprint density at radius 2 is 1.95 bits per heavy atom. The molecule has 3 rings (SSSR count). The number of nitrogens with zero attached hydrogens (tertiary/aromatic N) is 1. The summed E-state index contributed by atoms with van der Waals surface area (Å²) < 4.78 is 0. The van der Waals surface area contributed by atoms with Crippen LogP contribution in [-0.2, 0) is 13.0 Å². The first-order valence-electron chi connectivity index (χ1n) is 6.67. The highest BCUT2D eigenvalue weighted by molar-refractivity contribution is 5.96. The molecule has 0 saturated heterocycles. The topological polar surface area (TPSA) is 20.3 Å². The van der Waals surface area contributed by atoms with Crippen molar-refractivity contribution in [3.05, 3.63) is 70.8 Å². The summed E-state index contributed by atoms with van der Waals surface area (Å²) >= 11 is 0. The van der Waals surface area contributed by atoms with Crippen molar-refractivity contribution in [1.29, 1.82) is 0 Å². The molecule has 0 N–H and O–H groups in total. The van der Waals surface area contributed by atoms with Crippen LogP contribution in [0.15, 0.2) is 48.5 Å². The summed E-state index contributed by atoms with van der Waals surface area (Å²) in [4.78, 5) is 14.4. The zero-order valence-electron chi connectivity index (χ0n) is 11.1. The van der Waals surface area contributed by atoms with Gasteiger partial charge in [-0.1, -0.05) is 48.0 Å². The molecule has 0 saturated carbocycles. The van der Waals surface area contributed by atoms with E-state index in [0.717, 1.165) is 18.5 Å². The first-order valence-corrected chi connectivity index (χ1v) is 6.67. The Labute approximate surface area is 113 Å². The van der Waals surface area contributed by atoms with Crippen LogP contribution in [0.4, 0.5) is 0 Å². The monoisotopic (exact) mass is 251 g/mol. The lowest BCUT2D eigenvalue weighted by Gasteiger charge is -2.28. The molecule has 0 fully saturated rings. The van der Waals surface area contributed by atoms with Gasteiger partial charge in [-0.25, -0.2) is 0 Å². The predicted molar refractivity (Wildman–Crippen MR) is 76.1 cm³/mol. The van der Waals surface area contributed by atoms with Gasteiger partial charge in [-0.3, -0.25) is 4.79 Å². The second kappa shape index (κ2) is 4.88. The lowest BCUT2D eigenvalue weighted by molar-refractivity contribution is 0.0727. The second-order valence-corrected chi connectivity index (χ2v) is 5.12. The molecule has 96 valence electrons. The van der Waals surface area contributed by atoms with E-state index in [-0.39, 0.29) is 5.91 Å². The third-order valence-corrected chi connectivity index (χ3v) is 3.64. The summed E-state index contributed by atoms with van der Waals surface area (Å²) in [5.74, 6) is 0.156. The van der Waals surface area contributed by atoms with Gasteiger partial charge in [0.15, 0.2) is 0 Å². The first-order chi connectivity index (χ1) is 9.24. The molecule has 1 amide bonds. The van der Waals surface area contributed by atoms with E-state index in [1.165, 1.54) is 16.7 Å². The van der Waals surface area contributed by atoms with Crippen molar-refractivity contribution in [3.63, 3.8) is 0 Å². The van der Waals surface area contributed by atoms with Crippen LogP contribution < -0.4 is 0 Å². The van der Waals surface area contributed by atoms with Crippen LogP contribution >= 0.6 is 0 Å². The SMILES string of the molecule is Cc1cccc(CN2CCc3ccccc3C2=O)c1. The number of carbonyl (C=O) groups excluding carboxylic acids is 1. The lowest BCUT2D eigenvalue weighted by atomic mass is 9.98. The Bertz CT molecular complexity index is 618. The van der Waals surface area contributed by atoms with Crippen LogP contribution in [0.3, 0.4) is 0 Å². The minimum absolute atomic E-state index is 0.156.